The first-order valence-corrected chi connectivity index (χ1v) is 9.05. The zero-order valence-corrected chi connectivity index (χ0v) is 15.3. The maximum atomic E-state index is 12.7. The summed E-state index contributed by atoms with van der Waals surface area (Å²) in [6.45, 7) is 2.85. The van der Waals surface area contributed by atoms with E-state index in [1.54, 1.807) is 7.11 Å². The molecule has 4 heteroatoms. The van der Waals surface area contributed by atoms with Gasteiger partial charge in [0.1, 0.15) is 5.75 Å². The number of rotatable bonds is 7. The Morgan fingerprint density at radius 2 is 1.85 bits per heavy atom. The Morgan fingerprint density at radius 3 is 2.58 bits per heavy atom. The fourth-order valence-electron chi connectivity index (χ4n) is 2.95. The lowest BCUT2D eigenvalue weighted by Crippen LogP contribution is -2.24. The van der Waals surface area contributed by atoms with E-state index in [1.165, 1.54) is 0 Å². The highest BCUT2D eigenvalue weighted by atomic mass is 16.5. The number of amides is 1. The molecule has 3 aromatic rings. The summed E-state index contributed by atoms with van der Waals surface area (Å²) in [4.78, 5) is 17.5. The van der Waals surface area contributed by atoms with Crippen LogP contribution in [0.4, 0.5) is 0 Å². The third kappa shape index (κ3) is 4.02. The summed E-state index contributed by atoms with van der Waals surface area (Å²) in [7, 11) is 1.64. The molecule has 0 aliphatic carbocycles. The number of nitrogens with one attached hydrogen (secondary N) is 1. The summed E-state index contributed by atoms with van der Waals surface area (Å²) >= 11 is 0. The van der Waals surface area contributed by atoms with Crippen LogP contribution in [-0.4, -0.2) is 24.5 Å². The van der Waals surface area contributed by atoms with Crippen molar-refractivity contribution in [1.29, 1.82) is 0 Å². The number of para-hydroxylation sites is 1. The van der Waals surface area contributed by atoms with Gasteiger partial charge in [-0.05, 0) is 42.8 Å². The number of hydrogen-bond donors (Lipinski definition) is 1. The fraction of sp³-hybridized carbons (Fsp3) is 0.273. The molecule has 0 radical (unpaired) electrons. The van der Waals surface area contributed by atoms with Crippen LogP contribution in [0.15, 0.2) is 54.6 Å². The van der Waals surface area contributed by atoms with Crippen molar-refractivity contribution >= 4 is 16.8 Å². The number of carbonyl (C=O) groups is 1. The van der Waals surface area contributed by atoms with Crippen LogP contribution < -0.4 is 10.1 Å². The molecule has 0 aliphatic rings. The molecule has 0 unspecified atom stereocenters. The first-order chi connectivity index (χ1) is 12.7. The summed E-state index contributed by atoms with van der Waals surface area (Å²) in [6, 6.07) is 17.3. The summed E-state index contributed by atoms with van der Waals surface area (Å²) in [6.07, 6.45) is 3.25. The lowest BCUT2D eigenvalue weighted by Gasteiger charge is -2.11. The Labute approximate surface area is 154 Å². The second kappa shape index (κ2) is 8.48. The highest BCUT2D eigenvalue weighted by molar-refractivity contribution is 6.07. The van der Waals surface area contributed by atoms with Gasteiger partial charge in [-0.3, -0.25) is 4.79 Å². The van der Waals surface area contributed by atoms with Crippen molar-refractivity contribution in [3.8, 4) is 17.0 Å². The molecule has 0 spiro atoms. The lowest BCUT2D eigenvalue weighted by molar-refractivity contribution is 0.0954. The Balaban J connectivity index is 1.96. The van der Waals surface area contributed by atoms with Gasteiger partial charge in [-0.15, -0.1) is 0 Å². The number of pyridine rings is 1. The van der Waals surface area contributed by atoms with Crippen molar-refractivity contribution in [2.24, 2.45) is 0 Å². The van der Waals surface area contributed by atoms with Gasteiger partial charge in [0.2, 0.25) is 0 Å². The minimum absolute atomic E-state index is 0.0468. The molecule has 1 N–H and O–H groups in total. The quantitative estimate of drug-likeness (QED) is 0.622. The molecule has 0 aliphatic heterocycles. The lowest BCUT2D eigenvalue weighted by atomic mass is 10.0. The second-order valence-corrected chi connectivity index (χ2v) is 6.26. The van der Waals surface area contributed by atoms with Crippen molar-refractivity contribution in [3.63, 3.8) is 0 Å². The average molecular weight is 348 g/mol. The number of fused-ring (bicyclic) bond motifs is 1. The molecular formula is C22H24N2O2. The predicted molar refractivity (Wildman–Crippen MR) is 106 cm³/mol. The number of nitrogens with zero attached hydrogens (tertiary/aromatic N) is 1. The minimum Gasteiger partial charge on any atom is -0.497 e. The maximum Gasteiger partial charge on any atom is 0.252 e. The molecule has 0 fully saturated rings. The van der Waals surface area contributed by atoms with E-state index >= 15 is 0 Å². The smallest absolute Gasteiger partial charge is 0.252 e. The van der Waals surface area contributed by atoms with Crippen LogP contribution in [-0.2, 0) is 0 Å². The largest absolute Gasteiger partial charge is 0.497 e. The van der Waals surface area contributed by atoms with Gasteiger partial charge >= 0.3 is 0 Å². The Bertz CT molecular complexity index is 888. The minimum atomic E-state index is -0.0468. The second-order valence-electron chi connectivity index (χ2n) is 6.26. The van der Waals surface area contributed by atoms with Crippen molar-refractivity contribution in [2.45, 2.75) is 26.2 Å². The topological polar surface area (TPSA) is 51.2 Å². The third-order valence-corrected chi connectivity index (χ3v) is 4.41. The van der Waals surface area contributed by atoms with Crippen LogP contribution in [0.3, 0.4) is 0 Å². The molecule has 2 aromatic carbocycles. The molecule has 1 heterocycles. The molecule has 1 aromatic heterocycles. The van der Waals surface area contributed by atoms with E-state index in [2.05, 4.69) is 12.2 Å². The number of aromatic nitrogens is 1. The highest BCUT2D eigenvalue weighted by Crippen LogP contribution is 2.26. The summed E-state index contributed by atoms with van der Waals surface area (Å²) < 4.78 is 5.22. The summed E-state index contributed by atoms with van der Waals surface area (Å²) in [5.41, 5.74) is 3.22. The van der Waals surface area contributed by atoms with Gasteiger partial charge in [0.05, 0.1) is 23.9 Å². The molecule has 0 saturated carbocycles. The molecule has 134 valence electrons. The molecule has 0 atom stereocenters. The zero-order valence-electron chi connectivity index (χ0n) is 15.3. The van der Waals surface area contributed by atoms with E-state index in [1.807, 2.05) is 54.6 Å². The number of ether oxygens (including phenoxy) is 1. The normalized spacial score (nSPS) is 10.7. The Kier molecular flexibility index (Phi) is 5.84. The van der Waals surface area contributed by atoms with E-state index in [-0.39, 0.29) is 5.91 Å². The monoisotopic (exact) mass is 348 g/mol. The van der Waals surface area contributed by atoms with E-state index in [4.69, 9.17) is 9.72 Å². The zero-order chi connectivity index (χ0) is 18.4. The van der Waals surface area contributed by atoms with Crippen LogP contribution in [0.25, 0.3) is 22.2 Å². The molecule has 3 rings (SSSR count). The van der Waals surface area contributed by atoms with E-state index in [9.17, 15) is 4.79 Å². The van der Waals surface area contributed by atoms with Gasteiger partial charge in [-0.2, -0.15) is 0 Å². The molecule has 0 bridgehead atoms. The standard InChI is InChI=1S/C22H24N2O2/c1-3-4-7-14-23-22(25)19-15-21(16-10-12-17(26-2)13-11-16)24-20-9-6-5-8-18(19)20/h5-6,8-13,15H,3-4,7,14H2,1-2H3,(H,23,25). The van der Waals surface area contributed by atoms with Gasteiger partial charge in [-0.1, -0.05) is 38.0 Å². The number of hydrogen-bond acceptors (Lipinski definition) is 3. The van der Waals surface area contributed by atoms with Crippen molar-refractivity contribution in [3.05, 3.63) is 60.2 Å². The molecule has 0 saturated heterocycles. The highest BCUT2D eigenvalue weighted by Gasteiger charge is 2.13. The van der Waals surface area contributed by atoms with Gasteiger partial charge in [0.25, 0.3) is 5.91 Å². The Morgan fingerprint density at radius 1 is 1.08 bits per heavy atom. The van der Waals surface area contributed by atoms with Gasteiger partial charge in [0.15, 0.2) is 0 Å². The number of carbonyl (C=O) groups excluding carboxylic acids is 1. The van der Waals surface area contributed by atoms with Crippen LogP contribution in [0.2, 0.25) is 0 Å². The predicted octanol–water partition coefficient (Wildman–Crippen LogP) is 4.83. The van der Waals surface area contributed by atoms with Crippen molar-refractivity contribution < 1.29 is 9.53 Å². The number of unbranched alkanes of at least 4 members (excludes halogenated alkanes) is 2. The molecule has 26 heavy (non-hydrogen) atoms. The fourth-order valence-corrected chi connectivity index (χ4v) is 2.95. The molecular weight excluding hydrogens is 324 g/mol. The first kappa shape index (κ1) is 17.9. The van der Waals surface area contributed by atoms with Crippen LogP contribution in [0.1, 0.15) is 36.5 Å². The van der Waals surface area contributed by atoms with Gasteiger partial charge in [-0.25, -0.2) is 4.98 Å². The SMILES string of the molecule is CCCCCNC(=O)c1cc(-c2ccc(OC)cc2)nc2ccccc12. The maximum absolute atomic E-state index is 12.7. The summed E-state index contributed by atoms with van der Waals surface area (Å²) in [5.74, 6) is 0.748. The van der Waals surface area contributed by atoms with E-state index in [0.29, 0.717) is 12.1 Å². The third-order valence-electron chi connectivity index (χ3n) is 4.41. The average Bonchev–Trinajstić information content (AvgIpc) is 2.70. The van der Waals surface area contributed by atoms with Crippen molar-refractivity contribution in [2.75, 3.05) is 13.7 Å². The van der Waals surface area contributed by atoms with Crippen LogP contribution in [0, 0.1) is 0 Å². The summed E-state index contributed by atoms with van der Waals surface area (Å²) in [5, 5.41) is 3.91. The van der Waals surface area contributed by atoms with E-state index < -0.39 is 0 Å². The molecule has 1 amide bonds. The number of methoxy groups -OCH3 is 1. The van der Waals surface area contributed by atoms with Crippen LogP contribution in [0.5, 0.6) is 5.75 Å². The van der Waals surface area contributed by atoms with Crippen LogP contribution >= 0.6 is 0 Å². The van der Waals surface area contributed by atoms with E-state index in [0.717, 1.165) is 47.2 Å². The number of benzene rings is 2. The van der Waals surface area contributed by atoms with Crippen molar-refractivity contribution in [1.82, 2.24) is 10.3 Å². The molecule has 4 nitrogen and oxygen atoms in total. The van der Waals surface area contributed by atoms with Gasteiger partial charge < -0.3 is 10.1 Å². The van der Waals surface area contributed by atoms with Gasteiger partial charge in [0, 0.05) is 17.5 Å². The Hall–Kier alpha value is -2.88. The first-order valence-electron chi connectivity index (χ1n) is 9.05.